The van der Waals surface area contributed by atoms with Crippen LogP contribution in [0.2, 0.25) is 0 Å². The fraction of sp³-hybridized carbons (Fsp3) is 0.480. The topological polar surface area (TPSA) is 126 Å². The number of rotatable bonds is 8. The first-order valence-corrected chi connectivity index (χ1v) is 13.2. The maximum absolute atomic E-state index is 13.8. The molecule has 2 aromatic rings. The van der Waals surface area contributed by atoms with Crippen LogP contribution in [0.15, 0.2) is 47.4 Å². The lowest BCUT2D eigenvalue weighted by molar-refractivity contribution is -0.0690. The molecule has 1 saturated heterocycles. The minimum atomic E-state index is -3.96. The van der Waals surface area contributed by atoms with E-state index in [-0.39, 0.29) is 36.4 Å². The van der Waals surface area contributed by atoms with Crippen LogP contribution in [0.3, 0.4) is 0 Å². The van der Waals surface area contributed by atoms with Gasteiger partial charge >= 0.3 is 6.09 Å². The Morgan fingerprint density at radius 1 is 1.14 bits per heavy atom. The minimum Gasteiger partial charge on any atom is -0.508 e. The summed E-state index contributed by atoms with van der Waals surface area (Å²) in [4.78, 5) is 13.6. The molecule has 1 amide bonds. The van der Waals surface area contributed by atoms with E-state index in [1.54, 1.807) is 32.0 Å². The number of phenols is 1. The van der Waals surface area contributed by atoms with E-state index in [2.05, 4.69) is 0 Å². The molecule has 0 aliphatic carbocycles. The second-order valence-corrected chi connectivity index (χ2v) is 11.9. The Kier molecular flexibility index (Phi) is 7.09. The molecule has 2 atom stereocenters. The number of phenolic OH excluding ortho intramolecular Hbond substituents is 1. The van der Waals surface area contributed by atoms with Crippen molar-refractivity contribution in [3.63, 3.8) is 0 Å². The Balaban J connectivity index is 1.67. The van der Waals surface area contributed by atoms with E-state index in [4.69, 9.17) is 14.2 Å². The summed E-state index contributed by atoms with van der Waals surface area (Å²) in [6.07, 6.45) is -1.59. The second-order valence-electron chi connectivity index (χ2n) is 9.92. The predicted molar refractivity (Wildman–Crippen MR) is 131 cm³/mol. The number of aromatic hydroxyl groups is 1. The molecule has 0 unspecified atom stereocenters. The van der Waals surface area contributed by atoms with Crippen molar-refractivity contribution >= 4 is 16.1 Å². The molecule has 36 heavy (non-hydrogen) atoms. The van der Waals surface area contributed by atoms with Crippen molar-refractivity contribution in [3.05, 3.63) is 48.0 Å². The van der Waals surface area contributed by atoms with Gasteiger partial charge in [0, 0.05) is 19.2 Å². The summed E-state index contributed by atoms with van der Waals surface area (Å²) < 4.78 is 45.7. The van der Waals surface area contributed by atoms with Crippen LogP contribution in [0, 0.1) is 5.92 Å². The van der Waals surface area contributed by atoms with E-state index in [1.807, 2.05) is 13.8 Å². The van der Waals surface area contributed by atoms with Crippen LogP contribution in [-0.4, -0.2) is 71.7 Å². The molecule has 11 heteroatoms. The molecular weight excluding hydrogens is 488 g/mol. The third-order valence-corrected chi connectivity index (χ3v) is 8.13. The van der Waals surface area contributed by atoms with Gasteiger partial charge in [0.2, 0.25) is 16.8 Å². The van der Waals surface area contributed by atoms with Crippen LogP contribution in [0.25, 0.3) is 0 Å². The number of sulfonamides is 1. The smallest absolute Gasteiger partial charge is 0.409 e. The normalized spacial score (nSPS) is 20.9. The monoisotopic (exact) mass is 520 g/mol. The highest BCUT2D eigenvalue weighted by atomic mass is 32.2. The van der Waals surface area contributed by atoms with Gasteiger partial charge in [0.15, 0.2) is 11.5 Å². The van der Waals surface area contributed by atoms with Crippen molar-refractivity contribution in [1.82, 2.24) is 9.21 Å². The van der Waals surface area contributed by atoms with Gasteiger partial charge in [-0.25, -0.2) is 13.2 Å². The number of ether oxygens (including phenoxy) is 3. The predicted octanol–water partition coefficient (Wildman–Crippen LogP) is 3.49. The molecule has 0 spiro atoms. The molecule has 1 fully saturated rings. The molecule has 196 valence electrons. The number of amides is 1. The Bertz CT molecular complexity index is 1210. The number of hydrogen-bond acceptors (Lipinski definition) is 7. The van der Waals surface area contributed by atoms with Crippen molar-refractivity contribution in [3.8, 4) is 17.2 Å². The summed E-state index contributed by atoms with van der Waals surface area (Å²) in [6.45, 7) is 7.36. The van der Waals surface area contributed by atoms with E-state index in [0.717, 1.165) is 5.56 Å². The molecule has 2 N–H and O–H groups in total. The zero-order chi connectivity index (χ0) is 26.3. The number of nitrogens with zero attached hydrogens (tertiary/aromatic N) is 2. The van der Waals surface area contributed by atoms with E-state index in [9.17, 15) is 23.4 Å². The third-order valence-electron chi connectivity index (χ3n) is 6.30. The molecular formula is C25H32N2O8S. The zero-order valence-corrected chi connectivity index (χ0v) is 21.6. The van der Waals surface area contributed by atoms with Crippen LogP contribution < -0.4 is 9.47 Å². The van der Waals surface area contributed by atoms with Crippen LogP contribution in [-0.2, 0) is 21.2 Å². The fourth-order valence-corrected chi connectivity index (χ4v) is 6.40. The number of hydrogen-bond donors (Lipinski definition) is 2. The van der Waals surface area contributed by atoms with Crippen molar-refractivity contribution < 1.29 is 37.6 Å². The number of fused-ring (bicyclic) bond motifs is 1. The van der Waals surface area contributed by atoms with E-state index >= 15 is 0 Å². The van der Waals surface area contributed by atoms with Gasteiger partial charge in [-0.2, -0.15) is 4.31 Å². The number of carboxylic acid groups (broad SMARTS) is 1. The summed E-state index contributed by atoms with van der Waals surface area (Å²) in [5, 5.41) is 19.6. The Morgan fingerprint density at radius 2 is 1.81 bits per heavy atom. The van der Waals surface area contributed by atoms with Crippen LogP contribution in [0.1, 0.15) is 33.3 Å². The number of carbonyl (C=O) groups is 1. The molecule has 0 aromatic heterocycles. The first-order valence-electron chi connectivity index (χ1n) is 11.8. The molecule has 2 aromatic carbocycles. The first kappa shape index (κ1) is 26.1. The summed E-state index contributed by atoms with van der Waals surface area (Å²) in [7, 11) is -3.96. The lowest BCUT2D eigenvalue weighted by Crippen LogP contribution is -2.50. The van der Waals surface area contributed by atoms with E-state index in [0.29, 0.717) is 17.9 Å². The molecule has 2 aliphatic heterocycles. The highest BCUT2D eigenvalue weighted by Gasteiger charge is 2.51. The Morgan fingerprint density at radius 3 is 2.44 bits per heavy atom. The van der Waals surface area contributed by atoms with Crippen molar-refractivity contribution in [2.45, 2.75) is 56.9 Å². The van der Waals surface area contributed by atoms with Gasteiger partial charge in [0.25, 0.3) is 0 Å². The van der Waals surface area contributed by atoms with Crippen LogP contribution >= 0.6 is 0 Å². The van der Waals surface area contributed by atoms with Crippen molar-refractivity contribution in [1.29, 1.82) is 0 Å². The highest BCUT2D eigenvalue weighted by molar-refractivity contribution is 7.89. The number of benzene rings is 2. The highest BCUT2D eigenvalue weighted by Crippen LogP contribution is 2.37. The molecule has 4 rings (SSSR count). The summed E-state index contributed by atoms with van der Waals surface area (Å²) in [6, 6.07) is 10.3. The Hall–Kier alpha value is -3.02. The zero-order valence-electron chi connectivity index (χ0n) is 20.7. The van der Waals surface area contributed by atoms with Gasteiger partial charge in [-0.1, -0.05) is 26.0 Å². The van der Waals surface area contributed by atoms with Gasteiger partial charge in [-0.15, -0.1) is 0 Å². The van der Waals surface area contributed by atoms with Gasteiger partial charge < -0.3 is 24.4 Å². The lowest BCUT2D eigenvalue weighted by Gasteiger charge is -2.31. The van der Waals surface area contributed by atoms with E-state index < -0.39 is 34.0 Å². The van der Waals surface area contributed by atoms with Crippen molar-refractivity contribution in [2.24, 2.45) is 5.92 Å². The standard InChI is InChI=1S/C25H32N2O8S/c1-16(2)13-26(36(31,32)19-9-10-21-22(12-19)34-15-33-21)14-23-20(11-17-5-7-18(28)8-6-17)27(24(29)30)25(3,4)35-23/h5-10,12,16,20,23,28H,11,13-15H2,1-4H3,(H,29,30)/t20-,23+/m0/s1. The average Bonchev–Trinajstić information content (AvgIpc) is 3.35. The molecule has 2 heterocycles. The average molecular weight is 521 g/mol. The largest absolute Gasteiger partial charge is 0.508 e. The summed E-state index contributed by atoms with van der Waals surface area (Å²) in [5.74, 6) is 0.957. The molecule has 0 bridgehead atoms. The molecule has 2 aliphatic rings. The van der Waals surface area contributed by atoms with Gasteiger partial charge in [0.05, 0.1) is 17.0 Å². The van der Waals surface area contributed by atoms with Crippen LogP contribution in [0.4, 0.5) is 4.79 Å². The molecule has 0 radical (unpaired) electrons. The SMILES string of the molecule is CC(C)CN(C[C@H]1OC(C)(C)N(C(=O)O)[C@H]1Cc1ccc(O)cc1)S(=O)(=O)c1ccc2c(c1)OCO2. The third kappa shape index (κ3) is 5.23. The first-order chi connectivity index (χ1) is 16.9. The maximum atomic E-state index is 13.8. The molecule has 0 saturated carbocycles. The summed E-state index contributed by atoms with van der Waals surface area (Å²) >= 11 is 0. The van der Waals surface area contributed by atoms with Crippen molar-refractivity contribution in [2.75, 3.05) is 19.9 Å². The fourth-order valence-electron chi connectivity index (χ4n) is 4.76. The van der Waals surface area contributed by atoms with E-state index in [1.165, 1.54) is 33.5 Å². The Labute approximate surface area is 211 Å². The lowest BCUT2D eigenvalue weighted by atomic mass is 10.00. The minimum absolute atomic E-state index is 0.00863. The van der Waals surface area contributed by atoms with Gasteiger partial charge in [-0.3, -0.25) is 4.90 Å². The van der Waals surface area contributed by atoms with Gasteiger partial charge in [0.1, 0.15) is 11.5 Å². The molecule has 10 nitrogen and oxygen atoms in total. The second kappa shape index (κ2) is 9.79. The maximum Gasteiger partial charge on any atom is 0.409 e. The van der Waals surface area contributed by atoms with Crippen LogP contribution in [0.5, 0.6) is 17.2 Å². The summed E-state index contributed by atoms with van der Waals surface area (Å²) in [5.41, 5.74) is -0.367. The van der Waals surface area contributed by atoms with Gasteiger partial charge in [-0.05, 0) is 56.0 Å². The quantitative estimate of drug-likeness (QED) is 0.542.